The van der Waals surface area contributed by atoms with E-state index in [9.17, 15) is 18.7 Å². The molecule has 2 aromatic rings. The Bertz CT molecular complexity index is 821. The van der Waals surface area contributed by atoms with Crippen LogP contribution in [0.2, 0.25) is 0 Å². The number of hydrogen-bond acceptors (Lipinski definition) is 3. The zero-order chi connectivity index (χ0) is 19.5. The normalized spacial score (nSPS) is 13.5. The highest BCUT2D eigenvalue weighted by molar-refractivity contribution is 5.81. The van der Waals surface area contributed by atoms with Gasteiger partial charge in [0.15, 0.2) is 0 Å². The summed E-state index contributed by atoms with van der Waals surface area (Å²) in [4.78, 5) is 10.9. The molecule has 0 aromatic heterocycles. The van der Waals surface area contributed by atoms with E-state index in [2.05, 4.69) is 20.8 Å². The van der Waals surface area contributed by atoms with Crippen molar-refractivity contribution in [1.82, 2.24) is 0 Å². The number of carboxylic acid groups (broad SMARTS) is 1. The van der Waals surface area contributed by atoms with Crippen LogP contribution in [0.15, 0.2) is 48.5 Å². The lowest BCUT2D eigenvalue weighted by molar-refractivity contribution is -0.307. The molecule has 0 aliphatic heterocycles. The van der Waals surface area contributed by atoms with E-state index in [4.69, 9.17) is 5.73 Å². The molecule has 26 heavy (non-hydrogen) atoms. The lowest BCUT2D eigenvalue weighted by Crippen LogP contribution is -2.41. The summed E-state index contributed by atoms with van der Waals surface area (Å²) in [6.07, 6.45) is 1.51. The SMILES string of the molecule is CC(C)(C)c1ccc(/C(=C\CC(N)C(=O)[O-])c2ccc(F)cc2F)cc1. The lowest BCUT2D eigenvalue weighted by Gasteiger charge is -2.20. The van der Waals surface area contributed by atoms with E-state index in [-0.39, 0.29) is 17.4 Å². The number of halogens is 2. The molecule has 3 nitrogen and oxygen atoms in total. The Morgan fingerprint density at radius 2 is 1.77 bits per heavy atom. The van der Waals surface area contributed by atoms with Crippen molar-refractivity contribution in [1.29, 1.82) is 0 Å². The Labute approximate surface area is 152 Å². The van der Waals surface area contributed by atoms with E-state index < -0.39 is 23.6 Å². The fraction of sp³-hybridized carbons (Fsp3) is 0.286. The predicted molar refractivity (Wildman–Crippen MR) is 96.2 cm³/mol. The quantitative estimate of drug-likeness (QED) is 0.893. The Morgan fingerprint density at radius 3 is 2.27 bits per heavy atom. The van der Waals surface area contributed by atoms with Gasteiger partial charge in [-0.3, -0.25) is 0 Å². The van der Waals surface area contributed by atoms with Crippen molar-refractivity contribution in [2.75, 3.05) is 0 Å². The van der Waals surface area contributed by atoms with E-state index in [1.54, 1.807) is 6.08 Å². The molecule has 2 aromatic carbocycles. The Balaban J connectivity index is 2.50. The molecule has 0 radical (unpaired) electrons. The molecule has 0 amide bonds. The smallest absolute Gasteiger partial charge is 0.133 e. The summed E-state index contributed by atoms with van der Waals surface area (Å²) >= 11 is 0. The van der Waals surface area contributed by atoms with E-state index in [0.29, 0.717) is 11.1 Å². The van der Waals surface area contributed by atoms with Crippen LogP contribution in [0.1, 0.15) is 43.9 Å². The van der Waals surface area contributed by atoms with Crippen molar-refractivity contribution < 1.29 is 18.7 Å². The van der Waals surface area contributed by atoms with Gasteiger partial charge in [0.05, 0.1) is 5.97 Å². The van der Waals surface area contributed by atoms with Crippen molar-refractivity contribution >= 4 is 11.5 Å². The maximum absolute atomic E-state index is 14.3. The van der Waals surface area contributed by atoms with E-state index in [1.165, 1.54) is 6.07 Å². The number of rotatable bonds is 5. The third-order valence-electron chi connectivity index (χ3n) is 4.16. The molecule has 5 heteroatoms. The fourth-order valence-corrected chi connectivity index (χ4v) is 2.58. The predicted octanol–water partition coefficient (Wildman–Crippen LogP) is 3.16. The molecule has 0 fully saturated rings. The second kappa shape index (κ2) is 7.79. The molecule has 0 aliphatic rings. The van der Waals surface area contributed by atoms with Gasteiger partial charge in [-0.05, 0) is 40.7 Å². The highest BCUT2D eigenvalue weighted by Gasteiger charge is 2.16. The average molecular weight is 358 g/mol. The minimum Gasteiger partial charge on any atom is -0.548 e. The van der Waals surface area contributed by atoms with Crippen molar-refractivity contribution in [2.45, 2.75) is 38.6 Å². The van der Waals surface area contributed by atoms with Crippen LogP contribution in [0, 0.1) is 11.6 Å². The van der Waals surface area contributed by atoms with Crippen molar-refractivity contribution in [3.63, 3.8) is 0 Å². The number of benzene rings is 2. The molecule has 138 valence electrons. The molecule has 0 bridgehead atoms. The van der Waals surface area contributed by atoms with E-state index >= 15 is 0 Å². The molecule has 2 N–H and O–H groups in total. The van der Waals surface area contributed by atoms with Gasteiger partial charge in [0.2, 0.25) is 0 Å². The fourth-order valence-electron chi connectivity index (χ4n) is 2.58. The second-order valence-electron chi connectivity index (χ2n) is 7.23. The van der Waals surface area contributed by atoms with E-state index in [1.807, 2.05) is 24.3 Å². The minimum atomic E-state index is -1.39. The standard InChI is InChI=1S/C21H23F2NO2/c1-21(2,3)14-6-4-13(5-7-14)16(10-11-19(24)20(25)26)17-9-8-15(22)12-18(17)23/h4-10,12,19H,11,24H2,1-3H3,(H,25,26)/p-1/b16-10+. The van der Waals surface area contributed by atoms with Gasteiger partial charge >= 0.3 is 0 Å². The Kier molecular flexibility index (Phi) is 5.93. The summed E-state index contributed by atoms with van der Waals surface area (Å²) < 4.78 is 27.5. The lowest BCUT2D eigenvalue weighted by atomic mass is 9.85. The summed E-state index contributed by atoms with van der Waals surface area (Å²) in [5.41, 5.74) is 7.89. The van der Waals surface area contributed by atoms with Gasteiger partial charge in [-0.2, -0.15) is 0 Å². The minimum absolute atomic E-state index is 0.0322. The van der Waals surface area contributed by atoms with Crippen LogP contribution in [0.4, 0.5) is 8.78 Å². The Hall–Kier alpha value is -2.53. The first-order chi connectivity index (χ1) is 12.1. The number of carbonyl (C=O) groups excluding carboxylic acids is 1. The molecule has 2 rings (SSSR count). The van der Waals surface area contributed by atoms with Crippen LogP contribution in [0.5, 0.6) is 0 Å². The van der Waals surface area contributed by atoms with Crippen molar-refractivity contribution in [3.8, 4) is 0 Å². The zero-order valence-corrected chi connectivity index (χ0v) is 15.1. The molecule has 1 unspecified atom stereocenters. The van der Waals surface area contributed by atoms with Crippen molar-refractivity contribution in [3.05, 3.63) is 76.9 Å². The first-order valence-electron chi connectivity index (χ1n) is 8.32. The van der Waals surface area contributed by atoms with Gasteiger partial charge in [0, 0.05) is 17.7 Å². The number of nitrogens with two attached hydrogens (primary N) is 1. The third-order valence-corrected chi connectivity index (χ3v) is 4.16. The summed E-state index contributed by atoms with van der Waals surface area (Å²) in [5.74, 6) is -2.79. The van der Waals surface area contributed by atoms with Crippen LogP contribution < -0.4 is 10.8 Å². The molecule has 0 spiro atoms. The van der Waals surface area contributed by atoms with Crippen LogP contribution >= 0.6 is 0 Å². The molecule has 0 heterocycles. The number of aliphatic carboxylic acids is 1. The van der Waals surface area contributed by atoms with Gasteiger partial charge in [-0.15, -0.1) is 0 Å². The summed E-state index contributed by atoms with van der Waals surface area (Å²) in [7, 11) is 0. The molecule has 0 aliphatic carbocycles. The summed E-state index contributed by atoms with van der Waals surface area (Å²) in [6.45, 7) is 6.24. The molecule has 0 saturated carbocycles. The molecular weight excluding hydrogens is 336 g/mol. The van der Waals surface area contributed by atoms with Crippen LogP contribution in [-0.4, -0.2) is 12.0 Å². The zero-order valence-electron chi connectivity index (χ0n) is 15.1. The topological polar surface area (TPSA) is 66.2 Å². The summed E-state index contributed by atoms with van der Waals surface area (Å²) in [5, 5.41) is 10.9. The molecule has 0 saturated heterocycles. The maximum atomic E-state index is 14.3. The third kappa shape index (κ3) is 4.76. The van der Waals surface area contributed by atoms with Crippen LogP contribution in [0.25, 0.3) is 5.57 Å². The van der Waals surface area contributed by atoms with Crippen LogP contribution in [-0.2, 0) is 10.2 Å². The number of hydrogen-bond donors (Lipinski definition) is 1. The van der Waals surface area contributed by atoms with Gasteiger partial charge < -0.3 is 15.6 Å². The highest BCUT2D eigenvalue weighted by Crippen LogP contribution is 2.29. The largest absolute Gasteiger partial charge is 0.548 e. The van der Waals surface area contributed by atoms with Crippen molar-refractivity contribution in [2.24, 2.45) is 5.73 Å². The van der Waals surface area contributed by atoms with Gasteiger partial charge in [-0.1, -0.05) is 51.1 Å². The first-order valence-corrected chi connectivity index (χ1v) is 8.32. The average Bonchev–Trinajstić information content (AvgIpc) is 2.55. The summed E-state index contributed by atoms with van der Waals surface area (Å²) in [6, 6.07) is 9.62. The molecular formula is C21H22F2NO2-. The molecule has 1 atom stereocenters. The Morgan fingerprint density at radius 1 is 1.15 bits per heavy atom. The maximum Gasteiger partial charge on any atom is 0.133 e. The monoisotopic (exact) mass is 358 g/mol. The van der Waals surface area contributed by atoms with Crippen LogP contribution in [0.3, 0.4) is 0 Å². The number of carbonyl (C=O) groups is 1. The first kappa shape index (κ1) is 19.8. The van der Waals surface area contributed by atoms with Gasteiger partial charge in [0.1, 0.15) is 11.6 Å². The highest BCUT2D eigenvalue weighted by atomic mass is 19.1. The number of carboxylic acids is 1. The van der Waals surface area contributed by atoms with Gasteiger partial charge in [0.25, 0.3) is 0 Å². The van der Waals surface area contributed by atoms with E-state index in [0.717, 1.165) is 17.7 Å². The second-order valence-corrected chi connectivity index (χ2v) is 7.23. The van der Waals surface area contributed by atoms with Gasteiger partial charge in [-0.25, -0.2) is 8.78 Å².